The minimum Gasteiger partial charge on any atom is -0.493 e. The Morgan fingerprint density at radius 2 is 1.95 bits per heavy atom. The Morgan fingerprint density at radius 3 is 2.74 bits per heavy atom. The van der Waals surface area contributed by atoms with Crippen LogP contribution < -0.4 is 4.74 Å². The van der Waals surface area contributed by atoms with Crippen molar-refractivity contribution in [3.63, 3.8) is 0 Å². The van der Waals surface area contributed by atoms with E-state index in [9.17, 15) is 0 Å². The van der Waals surface area contributed by atoms with E-state index in [2.05, 4.69) is 36.9 Å². The lowest BCUT2D eigenvalue weighted by atomic mass is 10.1. The van der Waals surface area contributed by atoms with E-state index < -0.39 is 0 Å². The van der Waals surface area contributed by atoms with Crippen LogP contribution in [0.15, 0.2) is 18.2 Å². The molecule has 2 rings (SSSR count). The van der Waals surface area contributed by atoms with Crippen molar-refractivity contribution in [2.75, 3.05) is 39.5 Å². The number of aryl methyl sites for hydroxylation is 2. The lowest BCUT2D eigenvalue weighted by Gasteiger charge is -2.26. The molecule has 1 aromatic carbocycles. The lowest BCUT2D eigenvalue weighted by molar-refractivity contribution is 0.0368. The van der Waals surface area contributed by atoms with Crippen molar-refractivity contribution >= 4 is 0 Å². The van der Waals surface area contributed by atoms with Crippen molar-refractivity contribution in [2.45, 2.75) is 26.7 Å². The molecular weight excluding hydrogens is 238 g/mol. The number of unbranched alkanes of at least 4 members (excludes halogenated alkanes) is 1. The Hall–Kier alpha value is -1.06. The summed E-state index contributed by atoms with van der Waals surface area (Å²) < 4.78 is 11.2. The fourth-order valence-electron chi connectivity index (χ4n) is 2.31. The van der Waals surface area contributed by atoms with Crippen molar-refractivity contribution in [2.24, 2.45) is 0 Å². The van der Waals surface area contributed by atoms with Gasteiger partial charge in [0.05, 0.1) is 19.8 Å². The molecule has 0 N–H and O–H groups in total. The van der Waals surface area contributed by atoms with Crippen LogP contribution in [0.5, 0.6) is 5.75 Å². The molecule has 1 heterocycles. The molecule has 0 atom stereocenters. The molecule has 0 spiro atoms. The molecule has 3 nitrogen and oxygen atoms in total. The second-order valence-corrected chi connectivity index (χ2v) is 5.28. The van der Waals surface area contributed by atoms with Gasteiger partial charge >= 0.3 is 0 Å². The number of ether oxygens (including phenoxy) is 2. The largest absolute Gasteiger partial charge is 0.493 e. The zero-order valence-corrected chi connectivity index (χ0v) is 12.2. The van der Waals surface area contributed by atoms with E-state index in [0.717, 1.165) is 45.1 Å². The zero-order valence-electron chi connectivity index (χ0n) is 12.2. The average molecular weight is 263 g/mol. The van der Waals surface area contributed by atoms with Crippen molar-refractivity contribution in [1.82, 2.24) is 4.90 Å². The standard InChI is InChI=1S/C16H25NO2/c1-14-5-6-15(2)16(13-14)19-10-4-3-7-17-8-11-18-12-9-17/h5-6,13H,3-4,7-12H2,1-2H3. The molecule has 3 heteroatoms. The number of hydrogen-bond donors (Lipinski definition) is 0. The third kappa shape index (κ3) is 4.84. The van der Waals surface area contributed by atoms with Crippen molar-refractivity contribution < 1.29 is 9.47 Å². The van der Waals surface area contributed by atoms with E-state index in [0.29, 0.717) is 0 Å². The molecule has 0 radical (unpaired) electrons. The van der Waals surface area contributed by atoms with Crippen molar-refractivity contribution in [3.05, 3.63) is 29.3 Å². The van der Waals surface area contributed by atoms with Gasteiger partial charge in [-0.2, -0.15) is 0 Å². The van der Waals surface area contributed by atoms with Gasteiger partial charge in [0.1, 0.15) is 5.75 Å². The maximum atomic E-state index is 5.86. The van der Waals surface area contributed by atoms with Crippen LogP contribution in [0.25, 0.3) is 0 Å². The Morgan fingerprint density at radius 1 is 1.16 bits per heavy atom. The number of morpholine rings is 1. The summed E-state index contributed by atoms with van der Waals surface area (Å²) >= 11 is 0. The summed E-state index contributed by atoms with van der Waals surface area (Å²) in [6.45, 7) is 10.1. The molecule has 1 fully saturated rings. The molecule has 1 saturated heterocycles. The van der Waals surface area contributed by atoms with Gasteiger partial charge in [-0.15, -0.1) is 0 Å². The second kappa shape index (κ2) is 7.51. The van der Waals surface area contributed by atoms with Gasteiger partial charge in [0.25, 0.3) is 0 Å². The van der Waals surface area contributed by atoms with Gasteiger partial charge in [-0.1, -0.05) is 12.1 Å². The summed E-state index contributed by atoms with van der Waals surface area (Å²) in [7, 11) is 0. The fraction of sp³-hybridized carbons (Fsp3) is 0.625. The Kier molecular flexibility index (Phi) is 5.67. The maximum absolute atomic E-state index is 5.86. The summed E-state index contributed by atoms with van der Waals surface area (Å²) in [5.74, 6) is 1.03. The normalized spacial score (nSPS) is 16.5. The third-order valence-corrected chi connectivity index (χ3v) is 3.57. The van der Waals surface area contributed by atoms with Crippen LogP contribution >= 0.6 is 0 Å². The van der Waals surface area contributed by atoms with Crippen LogP contribution in [-0.2, 0) is 4.74 Å². The van der Waals surface area contributed by atoms with Gasteiger partial charge in [0, 0.05) is 13.1 Å². The van der Waals surface area contributed by atoms with Crippen LogP contribution in [-0.4, -0.2) is 44.4 Å². The highest BCUT2D eigenvalue weighted by Gasteiger charge is 2.09. The minimum atomic E-state index is 0.814. The topological polar surface area (TPSA) is 21.7 Å². The molecule has 0 amide bonds. The number of benzene rings is 1. The smallest absolute Gasteiger partial charge is 0.122 e. The monoisotopic (exact) mass is 263 g/mol. The van der Waals surface area contributed by atoms with Crippen LogP contribution in [0, 0.1) is 13.8 Å². The van der Waals surface area contributed by atoms with E-state index in [1.165, 1.54) is 24.1 Å². The minimum absolute atomic E-state index is 0.814. The highest BCUT2D eigenvalue weighted by Crippen LogP contribution is 2.19. The third-order valence-electron chi connectivity index (χ3n) is 3.57. The van der Waals surface area contributed by atoms with Gasteiger partial charge in [-0.05, 0) is 50.4 Å². The summed E-state index contributed by atoms with van der Waals surface area (Å²) in [5, 5.41) is 0. The van der Waals surface area contributed by atoms with Gasteiger partial charge < -0.3 is 9.47 Å². The van der Waals surface area contributed by atoms with E-state index >= 15 is 0 Å². The van der Waals surface area contributed by atoms with E-state index in [1.807, 2.05) is 0 Å². The summed E-state index contributed by atoms with van der Waals surface area (Å²) in [4.78, 5) is 2.47. The summed E-state index contributed by atoms with van der Waals surface area (Å²) in [5.41, 5.74) is 2.48. The molecule has 0 saturated carbocycles. The van der Waals surface area contributed by atoms with Gasteiger partial charge in [-0.3, -0.25) is 4.90 Å². The first-order chi connectivity index (χ1) is 9.25. The Labute approximate surface area is 116 Å². The number of rotatable bonds is 6. The SMILES string of the molecule is Cc1ccc(C)c(OCCCCN2CCOCC2)c1. The lowest BCUT2D eigenvalue weighted by Crippen LogP contribution is -2.36. The first kappa shape index (κ1) is 14.4. The molecule has 0 unspecified atom stereocenters. The van der Waals surface area contributed by atoms with E-state index in [-0.39, 0.29) is 0 Å². The quantitative estimate of drug-likeness (QED) is 0.737. The molecule has 1 aliphatic heterocycles. The zero-order chi connectivity index (χ0) is 13.5. The van der Waals surface area contributed by atoms with Gasteiger partial charge in [0.15, 0.2) is 0 Å². The molecular formula is C16H25NO2. The highest BCUT2D eigenvalue weighted by molar-refractivity contribution is 5.35. The Bertz CT molecular complexity index is 386. The second-order valence-electron chi connectivity index (χ2n) is 5.28. The summed E-state index contributed by atoms with van der Waals surface area (Å²) in [6, 6.07) is 6.37. The molecule has 1 aromatic rings. The molecule has 19 heavy (non-hydrogen) atoms. The number of hydrogen-bond acceptors (Lipinski definition) is 3. The van der Waals surface area contributed by atoms with Gasteiger partial charge in [-0.25, -0.2) is 0 Å². The van der Waals surface area contributed by atoms with Crippen molar-refractivity contribution in [1.29, 1.82) is 0 Å². The van der Waals surface area contributed by atoms with Crippen LogP contribution in [0.1, 0.15) is 24.0 Å². The first-order valence-corrected chi connectivity index (χ1v) is 7.26. The molecule has 0 aliphatic carbocycles. The summed E-state index contributed by atoms with van der Waals surface area (Å²) in [6.07, 6.45) is 2.32. The molecule has 1 aliphatic rings. The van der Waals surface area contributed by atoms with Crippen LogP contribution in [0.2, 0.25) is 0 Å². The highest BCUT2D eigenvalue weighted by atomic mass is 16.5. The maximum Gasteiger partial charge on any atom is 0.122 e. The average Bonchev–Trinajstić information content (AvgIpc) is 2.43. The van der Waals surface area contributed by atoms with Crippen LogP contribution in [0.4, 0.5) is 0 Å². The van der Waals surface area contributed by atoms with E-state index in [4.69, 9.17) is 9.47 Å². The van der Waals surface area contributed by atoms with Crippen LogP contribution in [0.3, 0.4) is 0 Å². The molecule has 0 aromatic heterocycles. The predicted octanol–water partition coefficient (Wildman–Crippen LogP) is 2.79. The van der Waals surface area contributed by atoms with E-state index in [1.54, 1.807) is 0 Å². The van der Waals surface area contributed by atoms with Crippen molar-refractivity contribution in [3.8, 4) is 5.75 Å². The Balaban J connectivity index is 1.62. The van der Waals surface area contributed by atoms with Gasteiger partial charge in [0.2, 0.25) is 0 Å². The fourth-order valence-corrected chi connectivity index (χ4v) is 2.31. The molecule has 0 bridgehead atoms. The predicted molar refractivity (Wildman–Crippen MR) is 77.9 cm³/mol. The number of nitrogens with zero attached hydrogens (tertiary/aromatic N) is 1. The first-order valence-electron chi connectivity index (χ1n) is 7.26. The molecule has 106 valence electrons.